The van der Waals surface area contributed by atoms with Gasteiger partial charge in [-0.2, -0.15) is 0 Å². The molecule has 1 N–H and O–H groups in total. The summed E-state index contributed by atoms with van der Waals surface area (Å²) >= 11 is 2.37. The van der Waals surface area contributed by atoms with E-state index in [0.717, 1.165) is 12.5 Å². The molecule has 1 aromatic rings. The third-order valence-electron chi connectivity index (χ3n) is 2.30. The summed E-state index contributed by atoms with van der Waals surface area (Å²) in [5.74, 6) is 0.760. The van der Waals surface area contributed by atoms with E-state index < -0.39 is 0 Å². The molecule has 0 aliphatic heterocycles. The largest absolute Gasteiger partial charge is 0.384 e. The predicted molar refractivity (Wildman–Crippen MR) is 71.7 cm³/mol. The van der Waals surface area contributed by atoms with Crippen LogP contribution < -0.4 is 5.32 Å². The zero-order chi connectivity index (χ0) is 10.4. The van der Waals surface area contributed by atoms with Gasteiger partial charge in [-0.05, 0) is 47.1 Å². The highest BCUT2D eigenvalue weighted by Crippen LogP contribution is 2.17. The fraction of sp³-hybridized carbons (Fsp3) is 0.500. The molecule has 0 saturated heterocycles. The molecule has 78 valence electrons. The zero-order valence-corrected chi connectivity index (χ0v) is 11.0. The molecule has 0 aliphatic rings. The second-order valence-corrected chi connectivity index (χ2v) is 4.92. The summed E-state index contributed by atoms with van der Waals surface area (Å²) in [6, 6.07) is 8.42. The minimum absolute atomic E-state index is 0.760. The predicted octanol–water partition coefficient (Wildman–Crippen LogP) is 4.14. The lowest BCUT2D eigenvalue weighted by Gasteiger charge is -2.13. The third kappa shape index (κ3) is 3.86. The normalized spacial score (nSPS) is 12.5. The van der Waals surface area contributed by atoms with Gasteiger partial charge in [-0.15, -0.1) is 0 Å². The maximum absolute atomic E-state index is 3.49. The van der Waals surface area contributed by atoms with Gasteiger partial charge in [0.25, 0.3) is 0 Å². The second-order valence-electron chi connectivity index (χ2n) is 3.75. The summed E-state index contributed by atoms with van der Waals surface area (Å²) in [6.07, 6.45) is 2.57. The SMILES string of the molecule is CCCC(C)CNc1ccccc1I. The molecule has 1 aromatic carbocycles. The third-order valence-corrected chi connectivity index (χ3v) is 3.24. The van der Waals surface area contributed by atoms with Crippen LogP contribution in [-0.2, 0) is 0 Å². The van der Waals surface area contributed by atoms with Crippen LogP contribution in [-0.4, -0.2) is 6.54 Å². The van der Waals surface area contributed by atoms with Crippen molar-refractivity contribution in [3.63, 3.8) is 0 Å². The van der Waals surface area contributed by atoms with E-state index in [4.69, 9.17) is 0 Å². The highest BCUT2D eigenvalue weighted by Gasteiger charge is 2.01. The summed E-state index contributed by atoms with van der Waals surface area (Å²) in [5.41, 5.74) is 1.26. The van der Waals surface area contributed by atoms with Gasteiger partial charge < -0.3 is 5.32 Å². The molecule has 0 amide bonds. The summed E-state index contributed by atoms with van der Waals surface area (Å²) in [7, 11) is 0. The van der Waals surface area contributed by atoms with Crippen LogP contribution in [0.25, 0.3) is 0 Å². The van der Waals surface area contributed by atoms with Crippen molar-refractivity contribution in [3.05, 3.63) is 27.8 Å². The van der Waals surface area contributed by atoms with Crippen molar-refractivity contribution in [3.8, 4) is 0 Å². The van der Waals surface area contributed by atoms with Crippen molar-refractivity contribution in [1.82, 2.24) is 0 Å². The Balaban J connectivity index is 2.41. The Morgan fingerprint density at radius 2 is 2.07 bits per heavy atom. The lowest BCUT2D eigenvalue weighted by atomic mass is 10.1. The van der Waals surface area contributed by atoms with Gasteiger partial charge in [0.15, 0.2) is 0 Å². The Morgan fingerprint density at radius 3 is 2.71 bits per heavy atom. The van der Waals surface area contributed by atoms with Crippen LogP contribution in [0.2, 0.25) is 0 Å². The van der Waals surface area contributed by atoms with E-state index in [9.17, 15) is 0 Å². The van der Waals surface area contributed by atoms with Gasteiger partial charge in [0.05, 0.1) is 0 Å². The standard InChI is InChI=1S/C12H18IN/c1-3-6-10(2)9-14-12-8-5-4-7-11(12)13/h4-5,7-8,10,14H,3,6,9H2,1-2H3. The molecule has 0 spiro atoms. The Morgan fingerprint density at radius 1 is 1.36 bits per heavy atom. The van der Waals surface area contributed by atoms with Crippen LogP contribution in [0, 0.1) is 9.49 Å². The molecular weight excluding hydrogens is 285 g/mol. The van der Waals surface area contributed by atoms with E-state index in [1.54, 1.807) is 0 Å². The molecule has 0 bridgehead atoms. The molecule has 0 aromatic heterocycles. The molecular formula is C12H18IN. The van der Waals surface area contributed by atoms with E-state index in [0.29, 0.717) is 0 Å². The van der Waals surface area contributed by atoms with E-state index in [2.05, 4.69) is 66.0 Å². The van der Waals surface area contributed by atoms with Gasteiger partial charge in [-0.3, -0.25) is 0 Å². The van der Waals surface area contributed by atoms with Crippen LogP contribution in [0.3, 0.4) is 0 Å². The van der Waals surface area contributed by atoms with Crippen molar-refractivity contribution >= 4 is 28.3 Å². The van der Waals surface area contributed by atoms with Gasteiger partial charge in [-0.25, -0.2) is 0 Å². The highest BCUT2D eigenvalue weighted by molar-refractivity contribution is 14.1. The van der Waals surface area contributed by atoms with Crippen molar-refractivity contribution in [1.29, 1.82) is 0 Å². The average Bonchev–Trinajstić information content (AvgIpc) is 2.17. The Bertz CT molecular complexity index is 273. The molecule has 1 atom stereocenters. The fourth-order valence-corrected chi connectivity index (χ4v) is 2.06. The summed E-state index contributed by atoms with van der Waals surface area (Å²) in [4.78, 5) is 0. The van der Waals surface area contributed by atoms with Crippen LogP contribution in [0.15, 0.2) is 24.3 Å². The van der Waals surface area contributed by atoms with Gasteiger partial charge in [-0.1, -0.05) is 32.4 Å². The zero-order valence-electron chi connectivity index (χ0n) is 8.89. The Kier molecular flexibility index (Phi) is 5.30. The number of halogens is 1. The Labute approximate surface area is 100 Å². The van der Waals surface area contributed by atoms with E-state index in [1.807, 2.05) is 0 Å². The molecule has 2 heteroatoms. The summed E-state index contributed by atoms with van der Waals surface area (Å²) < 4.78 is 1.30. The minimum atomic E-state index is 0.760. The van der Waals surface area contributed by atoms with E-state index >= 15 is 0 Å². The molecule has 0 aliphatic carbocycles. The fourth-order valence-electron chi connectivity index (χ4n) is 1.48. The van der Waals surface area contributed by atoms with Crippen LogP contribution in [0.4, 0.5) is 5.69 Å². The lowest BCUT2D eigenvalue weighted by Crippen LogP contribution is -2.11. The number of para-hydroxylation sites is 1. The van der Waals surface area contributed by atoms with Crippen molar-refractivity contribution in [2.24, 2.45) is 5.92 Å². The van der Waals surface area contributed by atoms with Crippen LogP contribution in [0.1, 0.15) is 26.7 Å². The van der Waals surface area contributed by atoms with Crippen molar-refractivity contribution < 1.29 is 0 Å². The first-order valence-corrected chi connectivity index (χ1v) is 6.30. The van der Waals surface area contributed by atoms with Gasteiger partial charge in [0.2, 0.25) is 0 Å². The molecule has 1 unspecified atom stereocenters. The average molecular weight is 303 g/mol. The molecule has 14 heavy (non-hydrogen) atoms. The lowest BCUT2D eigenvalue weighted by molar-refractivity contribution is 0.550. The smallest absolute Gasteiger partial charge is 0.0475 e. The number of hydrogen-bond acceptors (Lipinski definition) is 1. The molecule has 0 heterocycles. The Hall–Kier alpha value is -0.250. The van der Waals surface area contributed by atoms with E-state index in [-0.39, 0.29) is 0 Å². The minimum Gasteiger partial charge on any atom is -0.384 e. The van der Waals surface area contributed by atoms with E-state index in [1.165, 1.54) is 22.1 Å². The van der Waals surface area contributed by atoms with Gasteiger partial charge >= 0.3 is 0 Å². The summed E-state index contributed by atoms with van der Waals surface area (Å²) in [6.45, 7) is 5.61. The molecule has 1 rings (SSSR count). The maximum atomic E-state index is 3.49. The highest BCUT2D eigenvalue weighted by atomic mass is 127. The molecule has 0 fully saturated rings. The van der Waals surface area contributed by atoms with Crippen LogP contribution >= 0.6 is 22.6 Å². The molecule has 1 nitrogen and oxygen atoms in total. The number of nitrogens with one attached hydrogen (secondary N) is 1. The van der Waals surface area contributed by atoms with Gasteiger partial charge in [0.1, 0.15) is 0 Å². The van der Waals surface area contributed by atoms with Gasteiger partial charge in [0, 0.05) is 15.8 Å². The second kappa shape index (κ2) is 6.27. The molecule has 0 saturated carbocycles. The number of hydrogen-bond donors (Lipinski definition) is 1. The summed E-state index contributed by atoms with van der Waals surface area (Å²) in [5, 5.41) is 3.49. The number of anilines is 1. The topological polar surface area (TPSA) is 12.0 Å². The first-order valence-electron chi connectivity index (χ1n) is 5.22. The first-order chi connectivity index (χ1) is 6.74. The molecule has 0 radical (unpaired) electrons. The monoisotopic (exact) mass is 303 g/mol. The number of rotatable bonds is 5. The first kappa shape index (κ1) is 11.8. The maximum Gasteiger partial charge on any atom is 0.0475 e. The number of benzene rings is 1. The quantitative estimate of drug-likeness (QED) is 0.806. The van der Waals surface area contributed by atoms with Crippen LogP contribution in [0.5, 0.6) is 0 Å². The van der Waals surface area contributed by atoms with Crippen molar-refractivity contribution in [2.45, 2.75) is 26.7 Å². The van der Waals surface area contributed by atoms with Crippen molar-refractivity contribution in [2.75, 3.05) is 11.9 Å².